The molecule has 0 aliphatic rings. The first kappa shape index (κ1) is 39.8. The Hall–Kier alpha value is -5.36. The molecule has 10 heteroatoms. The second-order valence-electron chi connectivity index (χ2n) is 13.7. The highest BCUT2D eigenvalue weighted by molar-refractivity contribution is 14.1. The van der Waals surface area contributed by atoms with Gasteiger partial charge in [0.25, 0.3) is 5.91 Å². The molecule has 0 fully saturated rings. The second kappa shape index (κ2) is 19.6. The van der Waals surface area contributed by atoms with Gasteiger partial charge < -0.3 is 29.4 Å². The summed E-state index contributed by atoms with van der Waals surface area (Å²) in [6, 6.07) is 40.0. The molecule has 0 bridgehead atoms. The Labute approximate surface area is 330 Å². The number of aliphatic hydroxyl groups excluding tert-OH is 1. The molecule has 0 saturated heterocycles. The van der Waals surface area contributed by atoms with Crippen molar-refractivity contribution in [3.63, 3.8) is 0 Å². The minimum atomic E-state index is -1.07. The molecule has 0 spiro atoms. The van der Waals surface area contributed by atoms with Crippen molar-refractivity contribution < 1.29 is 38.6 Å². The quantitative estimate of drug-likeness (QED) is 0.0442. The van der Waals surface area contributed by atoms with Crippen LogP contribution in [0.3, 0.4) is 0 Å². The van der Waals surface area contributed by atoms with Crippen molar-refractivity contribution in [2.45, 2.75) is 71.1 Å². The van der Waals surface area contributed by atoms with Crippen LogP contribution in [0.1, 0.15) is 48.6 Å². The number of nitrogens with one attached hydrogen (secondary N) is 2. The van der Waals surface area contributed by atoms with Crippen LogP contribution in [-0.4, -0.2) is 40.8 Å². The number of halogens is 1. The van der Waals surface area contributed by atoms with Gasteiger partial charge in [-0.2, -0.15) is 4.99 Å². The van der Waals surface area contributed by atoms with E-state index in [0.29, 0.717) is 24.7 Å². The Bertz CT molecular complexity index is 1970. The molecule has 0 aliphatic carbocycles. The van der Waals surface area contributed by atoms with E-state index in [0.717, 1.165) is 31.4 Å². The van der Waals surface area contributed by atoms with Crippen molar-refractivity contribution in [3.05, 3.63) is 165 Å². The molecule has 0 radical (unpaired) electrons. The van der Waals surface area contributed by atoms with E-state index in [1.165, 1.54) is 0 Å². The van der Waals surface area contributed by atoms with Gasteiger partial charge in [-0.1, -0.05) is 103 Å². The lowest BCUT2D eigenvalue weighted by molar-refractivity contribution is -0.508. The Morgan fingerprint density at radius 2 is 1.26 bits per heavy atom. The first-order valence-corrected chi connectivity index (χ1v) is 18.8. The van der Waals surface area contributed by atoms with Crippen LogP contribution in [0.2, 0.25) is 0 Å². The van der Waals surface area contributed by atoms with Crippen molar-refractivity contribution in [1.29, 1.82) is 0 Å². The van der Waals surface area contributed by atoms with Gasteiger partial charge in [0.15, 0.2) is 0 Å². The third kappa shape index (κ3) is 13.2. The normalized spacial score (nSPS) is 12.6. The summed E-state index contributed by atoms with van der Waals surface area (Å²) in [7, 11) is 0. The Kier molecular flexibility index (Phi) is 14.5. The van der Waals surface area contributed by atoms with Gasteiger partial charge in [-0.3, -0.25) is 4.79 Å². The van der Waals surface area contributed by atoms with E-state index in [4.69, 9.17) is 18.9 Å². The van der Waals surface area contributed by atoms with Crippen LogP contribution in [-0.2, 0) is 51.7 Å². The Morgan fingerprint density at radius 1 is 0.704 bits per heavy atom. The first-order valence-electron chi connectivity index (χ1n) is 17.7. The number of ether oxygens (including phenoxy) is 4. The molecule has 0 unspecified atom stereocenters. The number of hydrogen-bond donors (Lipinski definition) is 3. The van der Waals surface area contributed by atoms with Crippen LogP contribution in [0, 0.1) is 3.57 Å². The van der Waals surface area contributed by atoms with E-state index in [1.807, 2.05) is 133 Å². The predicted molar refractivity (Wildman–Crippen MR) is 216 cm³/mol. The predicted octanol–water partition coefficient (Wildman–Crippen LogP) is 6.64. The van der Waals surface area contributed by atoms with Crippen LogP contribution < -0.4 is 19.8 Å². The average molecular weight is 842 g/mol. The van der Waals surface area contributed by atoms with Crippen molar-refractivity contribution >= 4 is 40.6 Å². The molecule has 0 aliphatic heterocycles. The van der Waals surface area contributed by atoms with E-state index in [2.05, 4.69) is 32.9 Å². The molecule has 9 nitrogen and oxygen atoms in total. The molecule has 280 valence electrons. The summed E-state index contributed by atoms with van der Waals surface area (Å²) in [5.41, 5.74) is 3.62. The lowest BCUT2D eigenvalue weighted by atomic mass is 10.0. The molecule has 0 heterocycles. The minimum absolute atomic E-state index is 0.0402. The van der Waals surface area contributed by atoms with Gasteiger partial charge in [0.05, 0.1) is 0 Å². The summed E-state index contributed by atoms with van der Waals surface area (Å²) >= 11 is 2.21. The fourth-order valence-electron chi connectivity index (χ4n) is 5.47. The molecule has 54 heavy (non-hydrogen) atoms. The van der Waals surface area contributed by atoms with Gasteiger partial charge in [-0.15, -0.1) is 0 Å². The van der Waals surface area contributed by atoms with Crippen molar-refractivity contribution in [3.8, 4) is 11.5 Å². The summed E-state index contributed by atoms with van der Waals surface area (Å²) in [5, 5.41) is 13.8. The number of aliphatic hydroxyl groups is 1. The molecular formula is C44H46IN2O7+. The number of hydrogen-bond acceptors (Lipinski definition) is 6. The third-order valence-electron chi connectivity index (χ3n) is 8.14. The fraction of sp³-hybridized carbons (Fsp3) is 0.250. The topological polar surface area (TPSA) is 117 Å². The lowest BCUT2D eigenvalue weighted by Gasteiger charge is -2.20. The van der Waals surface area contributed by atoms with Crippen LogP contribution in [0.25, 0.3) is 0 Å². The zero-order valence-electron chi connectivity index (χ0n) is 30.7. The zero-order valence-corrected chi connectivity index (χ0v) is 32.8. The van der Waals surface area contributed by atoms with Gasteiger partial charge in [0.1, 0.15) is 43.0 Å². The fourth-order valence-corrected chi connectivity index (χ4v) is 6.03. The van der Waals surface area contributed by atoms with Gasteiger partial charge in [0, 0.05) is 22.0 Å². The zero-order chi connectivity index (χ0) is 38.3. The maximum atomic E-state index is 14.3. The second-order valence-corrected chi connectivity index (χ2v) is 15.0. The van der Waals surface area contributed by atoms with Crippen LogP contribution in [0.4, 0.5) is 0 Å². The van der Waals surface area contributed by atoms with E-state index in [9.17, 15) is 14.7 Å². The lowest BCUT2D eigenvalue weighted by Crippen LogP contribution is -2.85. The van der Waals surface area contributed by atoms with Gasteiger partial charge in [-0.05, 0) is 95.9 Å². The molecule has 0 aromatic heterocycles. The number of carbonyl (C=O) groups excluding carboxylic acids is 2. The largest absolute Gasteiger partial charge is 0.546 e. The monoisotopic (exact) mass is 841 g/mol. The summed E-state index contributed by atoms with van der Waals surface area (Å²) in [6.07, 6.45) is -0.272. The van der Waals surface area contributed by atoms with E-state index in [1.54, 1.807) is 20.8 Å². The number of rotatable bonds is 16. The molecule has 2 atom stereocenters. The van der Waals surface area contributed by atoms with Gasteiger partial charge in [0.2, 0.25) is 6.04 Å². The van der Waals surface area contributed by atoms with Crippen molar-refractivity contribution in [2.75, 3.05) is 0 Å². The third-order valence-corrected chi connectivity index (χ3v) is 8.81. The van der Waals surface area contributed by atoms with E-state index < -0.39 is 35.6 Å². The number of amides is 1. The molecule has 1 amide bonds. The van der Waals surface area contributed by atoms with Gasteiger partial charge in [-0.25, -0.2) is 4.79 Å². The molecule has 5 aromatic carbocycles. The minimum Gasteiger partial charge on any atom is -0.489 e. The average Bonchev–Trinajstić information content (AvgIpc) is 3.16. The highest BCUT2D eigenvalue weighted by Gasteiger charge is 2.33. The highest BCUT2D eigenvalue weighted by Crippen LogP contribution is 2.24. The summed E-state index contributed by atoms with van der Waals surface area (Å²) < 4.78 is 24.5. The van der Waals surface area contributed by atoms with Crippen LogP contribution in [0.5, 0.6) is 11.5 Å². The maximum absolute atomic E-state index is 14.3. The number of carbonyl (C=O) groups is 2. The number of benzene rings is 5. The SMILES string of the molecule is CC(C)(C)OC(O)=[NH+][C@@H](Cc1cc(I)ccc1OCc1ccccc1)C(=O)N[C@@H](Cc1ccc(OCc2ccccc2)cc1)C(=O)OCc1ccccc1. The summed E-state index contributed by atoms with van der Waals surface area (Å²) in [6.45, 7) is 6.14. The molecule has 0 saturated carbocycles. The van der Waals surface area contributed by atoms with Gasteiger partial charge >= 0.3 is 12.1 Å². The molecular weight excluding hydrogens is 795 g/mol. The first-order chi connectivity index (χ1) is 26.0. The van der Waals surface area contributed by atoms with Crippen LogP contribution >= 0.6 is 22.6 Å². The highest BCUT2D eigenvalue weighted by atomic mass is 127. The summed E-state index contributed by atoms with van der Waals surface area (Å²) in [5.74, 6) is 0.113. The Morgan fingerprint density at radius 3 is 1.83 bits per heavy atom. The van der Waals surface area contributed by atoms with E-state index in [-0.39, 0.29) is 19.4 Å². The smallest absolute Gasteiger partial charge is 0.489 e. The van der Waals surface area contributed by atoms with Crippen molar-refractivity contribution in [1.82, 2.24) is 5.32 Å². The maximum Gasteiger partial charge on any atom is 0.546 e. The van der Waals surface area contributed by atoms with Crippen LogP contribution in [0.15, 0.2) is 133 Å². The Balaban J connectivity index is 1.38. The molecule has 3 N–H and O–H groups in total. The van der Waals surface area contributed by atoms with E-state index >= 15 is 0 Å². The summed E-state index contributed by atoms with van der Waals surface area (Å²) in [4.78, 5) is 30.8. The standard InChI is InChI=1S/C44H45IN2O7/c1-44(2,3)54-43(50)47-38(27-35-26-36(45)21-24-40(35)52-29-33-15-9-5-10-16-33)41(48)46-39(42(49)53-30-34-17-11-6-12-18-34)25-31-19-22-37(23-20-31)51-28-32-13-7-4-8-14-32/h4-24,26,38-39H,25,27-30H2,1-3H3,(H,46,48)(H,47,50)/p+1/t38-,39-/m0/s1. The molecule has 5 aromatic rings. The molecule has 5 rings (SSSR count). The van der Waals surface area contributed by atoms with Crippen molar-refractivity contribution in [2.24, 2.45) is 0 Å². The number of esters is 1.